The van der Waals surface area contributed by atoms with Crippen LogP contribution in [0.1, 0.15) is 44.5 Å². The molecular weight excluding hydrogens is 354 g/mol. The molecule has 0 aliphatic carbocycles. The van der Waals surface area contributed by atoms with Gasteiger partial charge in [0.15, 0.2) is 0 Å². The maximum Gasteiger partial charge on any atom is 0.256 e. The van der Waals surface area contributed by atoms with Crippen LogP contribution in [0.5, 0.6) is 0 Å². The second-order valence-corrected chi connectivity index (χ2v) is 7.69. The SMILES string of the molecule is CC(=O)NC(C)C(=O)Nc1ccc(Cl)cc1C(=O)N1C[C@H](C)C[C@H](C)C1. The Morgan fingerprint density at radius 3 is 2.38 bits per heavy atom. The first-order chi connectivity index (χ1) is 12.2. The van der Waals surface area contributed by atoms with Gasteiger partial charge in [0.25, 0.3) is 5.91 Å². The molecule has 0 saturated carbocycles. The smallest absolute Gasteiger partial charge is 0.256 e. The number of nitrogens with one attached hydrogen (secondary N) is 2. The van der Waals surface area contributed by atoms with Crippen molar-refractivity contribution in [3.8, 4) is 0 Å². The first-order valence-corrected chi connectivity index (χ1v) is 9.22. The number of hydrogen-bond acceptors (Lipinski definition) is 3. The van der Waals surface area contributed by atoms with E-state index in [9.17, 15) is 14.4 Å². The van der Waals surface area contributed by atoms with Gasteiger partial charge >= 0.3 is 0 Å². The molecule has 3 amide bonds. The van der Waals surface area contributed by atoms with Gasteiger partial charge in [-0.15, -0.1) is 0 Å². The van der Waals surface area contributed by atoms with E-state index < -0.39 is 11.9 Å². The molecule has 142 valence electrons. The van der Waals surface area contributed by atoms with Gasteiger partial charge < -0.3 is 15.5 Å². The minimum atomic E-state index is -0.707. The number of likely N-dealkylation sites (tertiary alicyclic amines) is 1. The van der Waals surface area contributed by atoms with Gasteiger partial charge in [-0.1, -0.05) is 25.4 Å². The number of hydrogen-bond donors (Lipinski definition) is 2. The van der Waals surface area contributed by atoms with Crippen molar-refractivity contribution in [2.75, 3.05) is 18.4 Å². The van der Waals surface area contributed by atoms with Crippen molar-refractivity contribution >= 4 is 35.0 Å². The van der Waals surface area contributed by atoms with Crippen LogP contribution < -0.4 is 10.6 Å². The number of rotatable bonds is 4. The average molecular weight is 380 g/mol. The van der Waals surface area contributed by atoms with Crippen LogP contribution in [-0.4, -0.2) is 41.8 Å². The maximum absolute atomic E-state index is 13.0. The fraction of sp³-hybridized carbons (Fsp3) is 0.526. The number of carbonyl (C=O) groups excluding carboxylic acids is 3. The van der Waals surface area contributed by atoms with Crippen molar-refractivity contribution in [3.05, 3.63) is 28.8 Å². The van der Waals surface area contributed by atoms with Crippen LogP contribution in [0.3, 0.4) is 0 Å². The van der Waals surface area contributed by atoms with E-state index in [1.54, 1.807) is 25.1 Å². The number of piperidine rings is 1. The summed E-state index contributed by atoms with van der Waals surface area (Å²) in [6, 6.07) is 4.11. The second-order valence-electron chi connectivity index (χ2n) is 7.26. The number of benzene rings is 1. The lowest BCUT2D eigenvalue weighted by atomic mass is 9.91. The summed E-state index contributed by atoms with van der Waals surface area (Å²) >= 11 is 6.08. The van der Waals surface area contributed by atoms with Crippen molar-refractivity contribution in [1.82, 2.24) is 10.2 Å². The third-order valence-corrected chi connectivity index (χ3v) is 4.67. The van der Waals surface area contributed by atoms with E-state index in [4.69, 9.17) is 11.6 Å². The summed E-state index contributed by atoms with van der Waals surface area (Å²) in [5.41, 5.74) is 0.759. The molecule has 1 aromatic carbocycles. The van der Waals surface area contributed by atoms with E-state index in [0.29, 0.717) is 41.2 Å². The fourth-order valence-corrected chi connectivity index (χ4v) is 3.59. The van der Waals surface area contributed by atoms with Crippen molar-refractivity contribution in [3.63, 3.8) is 0 Å². The molecule has 0 bridgehead atoms. The van der Waals surface area contributed by atoms with Crippen LogP contribution in [0.4, 0.5) is 5.69 Å². The molecule has 0 radical (unpaired) electrons. The van der Waals surface area contributed by atoms with Gasteiger partial charge in [-0.25, -0.2) is 0 Å². The Bertz CT molecular complexity index is 697. The standard InChI is InChI=1S/C19H26ClN3O3/c1-11-7-12(2)10-23(9-11)19(26)16-8-15(20)5-6-17(16)22-18(25)13(3)21-14(4)24/h5-6,8,11-13H,7,9-10H2,1-4H3,(H,21,24)(H,22,25)/t11-,12+,13?. The Morgan fingerprint density at radius 2 is 1.81 bits per heavy atom. The highest BCUT2D eigenvalue weighted by Crippen LogP contribution is 2.27. The highest BCUT2D eigenvalue weighted by atomic mass is 35.5. The van der Waals surface area contributed by atoms with E-state index in [1.807, 2.05) is 4.90 Å². The Balaban J connectivity index is 2.23. The molecule has 1 aliphatic heterocycles. The molecule has 2 rings (SSSR count). The topological polar surface area (TPSA) is 78.5 Å². The number of anilines is 1. The number of halogens is 1. The normalized spacial score (nSPS) is 21.0. The third kappa shape index (κ3) is 5.21. The molecule has 0 spiro atoms. The summed E-state index contributed by atoms with van der Waals surface area (Å²) < 4.78 is 0. The lowest BCUT2D eigenvalue weighted by molar-refractivity contribution is -0.124. The summed E-state index contributed by atoms with van der Waals surface area (Å²) in [7, 11) is 0. The zero-order chi connectivity index (χ0) is 19.4. The molecule has 0 aromatic heterocycles. The number of nitrogens with zero attached hydrogens (tertiary/aromatic N) is 1. The highest BCUT2D eigenvalue weighted by molar-refractivity contribution is 6.31. The minimum absolute atomic E-state index is 0.145. The lowest BCUT2D eigenvalue weighted by Crippen LogP contribution is -2.43. The Labute approximate surface area is 159 Å². The summed E-state index contributed by atoms with van der Waals surface area (Å²) in [5, 5.41) is 5.68. The zero-order valence-corrected chi connectivity index (χ0v) is 16.4. The summed E-state index contributed by atoms with van der Waals surface area (Å²) in [4.78, 5) is 38.3. The monoisotopic (exact) mass is 379 g/mol. The lowest BCUT2D eigenvalue weighted by Gasteiger charge is -2.35. The quantitative estimate of drug-likeness (QED) is 0.844. The Morgan fingerprint density at radius 1 is 1.19 bits per heavy atom. The zero-order valence-electron chi connectivity index (χ0n) is 15.6. The summed E-state index contributed by atoms with van der Waals surface area (Å²) in [5.74, 6) is 0.0288. The van der Waals surface area contributed by atoms with Crippen LogP contribution in [0.2, 0.25) is 5.02 Å². The first kappa shape index (κ1) is 20.2. The van der Waals surface area contributed by atoms with Gasteiger partial charge in [0.2, 0.25) is 11.8 Å². The number of amides is 3. The van der Waals surface area contributed by atoms with Gasteiger partial charge in [0.1, 0.15) is 6.04 Å². The predicted molar refractivity (Wildman–Crippen MR) is 102 cm³/mol. The molecule has 7 heteroatoms. The van der Waals surface area contributed by atoms with Crippen LogP contribution in [0, 0.1) is 11.8 Å². The van der Waals surface area contributed by atoms with Crippen LogP contribution >= 0.6 is 11.6 Å². The largest absolute Gasteiger partial charge is 0.345 e. The first-order valence-electron chi connectivity index (χ1n) is 8.84. The molecule has 2 N–H and O–H groups in total. The summed E-state index contributed by atoms with van der Waals surface area (Å²) in [6.07, 6.45) is 1.09. The van der Waals surface area contributed by atoms with Gasteiger partial charge in [0, 0.05) is 25.0 Å². The molecule has 1 fully saturated rings. The molecular formula is C19H26ClN3O3. The predicted octanol–water partition coefficient (Wildman–Crippen LogP) is 2.92. The molecule has 1 heterocycles. The molecule has 1 aliphatic rings. The second kappa shape index (κ2) is 8.54. The minimum Gasteiger partial charge on any atom is -0.345 e. The van der Waals surface area contributed by atoms with Gasteiger partial charge in [-0.05, 0) is 43.4 Å². The van der Waals surface area contributed by atoms with E-state index in [-0.39, 0.29) is 11.8 Å². The molecule has 26 heavy (non-hydrogen) atoms. The van der Waals surface area contributed by atoms with E-state index in [0.717, 1.165) is 6.42 Å². The van der Waals surface area contributed by atoms with Crippen LogP contribution in [0.15, 0.2) is 18.2 Å². The van der Waals surface area contributed by atoms with E-state index >= 15 is 0 Å². The average Bonchev–Trinajstić information content (AvgIpc) is 2.54. The van der Waals surface area contributed by atoms with Crippen LogP contribution in [0.25, 0.3) is 0 Å². The van der Waals surface area contributed by atoms with Crippen molar-refractivity contribution in [2.45, 2.75) is 40.2 Å². The van der Waals surface area contributed by atoms with Gasteiger partial charge in [-0.2, -0.15) is 0 Å². The van der Waals surface area contributed by atoms with Crippen molar-refractivity contribution in [1.29, 1.82) is 0 Å². The Hall–Kier alpha value is -2.08. The van der Waals surface area contributed by atoms with Gasteiger partial charge in [-0.3, -0.25) is 14.4 Å². The van der Waals surface area contributed by atoms with Crippen molar-refractivity contribution in [2.24, 2.45) is 11.8 Å². The molecule has 1 aromatic rings. The van der Waals surface area contributed by atoms with Crippen LogP contribution in [-0.2, 0) is 9.59 Å². The third-order valence-electron chi connectivity index (χ3n) is 4.44. The van der Waals surface area contributed by atoms with E-state index in [1.165, 1.54) is 6.92 Å². The number of carbonyl (C=O) groups is 3. The Kier molecular flexibility index (Phi) is 6.64. The molecule has 6 nitrogen and oxygen atoms in total. The highest BCUT2D eigenvalue weighted by Gasteiger charge is 2.28. The van der Waals surface area contributed by atoms with Crippen molar-refractivity contribution < 1.29 is 14.4 Å². The molecule has 1 saturated heterocycles. The maximum atomic E-state index is 13.0. The van der Waals surface area contributed by atoms with Gasteiger partial charge in [0.05, 0.1) is 11.3 Å². The fourth-order valence-electron chi connectivity index (χ4n) is 3.41. The summed E-state index contributed by atoms with van der Waals surface area (Å²) in [6.45, 7) is 8.57. The molecule has 3 atom stereocenters. The van der Waals surface area contributed by atoms with E-state index in [2.05, 4.69) is 24.5 Å². The molecule has 1 unspecified atom stereocenters.